The Morgan fingerprint density at radius 2 is 1.97 bits per heavy atom. The number of benzene rings is 1. The first-order chi connectivity index (χ1) is 16.6. The lowest BCUT2D eigenvalue weighted by Crippen LogP contribution is -2.38. The smallest absolute Gasteiger partial charge is 0.458 e. The van der Waals surface area contributed by atoms with E-state index in [9.17, 15) is 29.2 Å². The molecule has 3 rings (SSSR count). The highest BCUT2D eigenvalue weighted by atomic mass is 31.2. The van der Waals surface area contributed by atoms with Crippen LogP contribution < -0.4 is 20.9 Å². The van der Waals surface area contributed by atoms with E-state index in [4.69, 9.17) is 19.5 Å². The monoisotopic (exact) mass is 512 g/mol. The Hall–Kier alpha value is -3.13. The number of carbonyl (C=O) groups is 2. The highest BCUT2D eigenvalue weighted by Crippen LogP contribution is 2.45. The summed E-state index contributed by atoms with van der Waals surface area (Å²) in [5.74, 6) is -1.42. The highest BCUT2D eigenvalue weighted by molar-refractivity contribution is 7.52. The lowest BCUT2D eigenvalue weighted by atomic mass is 10.1. The molecule has 0 aliphatic carbocycles. The minimum absolute atomic E-state index is 0.113. The van der Waals surface area contributed by atoms with Gasteiger partial charge in [-0.05, 0) is 12.1 Å². The van der Waals surface area contributed by atoms with Gasteiger partial charge in [0.1, 0.15) is 24.1 Å². The van der Waals surface area contributed by atoms with Crippen LogP contribution in [0.2, 0.25) is 0 Å². The number of aromatic nitrogens is 2. The summed E-state index contributed by atoms with van der Waals surface area (Å²) in [6, 6.07) is 8.07. The van der Waals surface area contributed by atoms with Crippen molar-refractivity contribution in [3.05, 3.63) is 58.8 Å². The molecule has 2 aromatic rings. The zero-order valence-corrected chi connectivity index (χ0v) is 19.4. The van der Waals surface area contributed by atoms with Crippen molar-refractivity contribution in [2.75, 3.05) is 20.3 Å². The molecule has 0 spiro atoms. The third-order valence-electron chi connectivity index (χ3n) is 4.95. The Labute approximate surface area is 199 Å². The summed E-state index contributed by atoms with van der Waals surface area (Å²) in [5.41, 5.74) is 3.62. The van der Waals surface area contributed by atoms with Crippen LogP contribution in [0.5, 0.6) is 5.75 Å². The number of nitrogens with one attached hydrogen (secondary N) is 1. The van der Waals surface area contributed by atoms with Crippen molar-refractivity contribution in [2.24, 2.45) is 5.73 Å². The molecular formula is C20H25N4O10P. The van der Waals surface area contributed by atoms with Gasteiger partial charge >= 0.3 is 13.7 Å². The first kappa shape index (κ1) is 26.5. The Bertz CT molecular complexity index is 1140. The molecule has 2 heterocycles. The molecule has 14 nitrogen and oxygen atoms in total. The predicted molar refractivity (Wildman–Crippen MR) is 118 cm³/mol. The number of primary amides is 1. The Balaban J connectivity index is 1.73. The molecule has 1 aromatic carbocycles. The van der Waals surface area contributed by atoms with Crippen molar-refractivity contribution in [3.8, 4) is 5.75 Å². The Morgan fingerprint density at radius 1 is 1.26 bits per heavy atom. The molecule has 5 atom stereocenters. The fraction of sp³-hybridized carbons (Fsp3) is 0.400. The van der Waals surface area contributed by atoms with E-state index >= 15 is 0 Å². The van der Waals surface area contributed by atoms with Gasteiger partial charge in [0.15, 0.2) is 11.9 Å². The van der Waals surface area contributed by atoms with Gasteiger partial charge in [0.25, 0.3) is 11.5 Å². The molecule has 0 radical (unpaired) electrons. The maximum Gasteiger partial charge on any atom is 0.458 e. The van der Waals surface area contributed by atoms with E-state index in [0.717, 1.165) is 17.0 Å². The van der Waals surface area contributed by atoms with Gasteiger partial charge in [-0.15, -0.1) is 0 Å². The second-order valence-electron chi connectivity index (χ2n) is 7.33. The third kappa shape index (κ3) is 6.51. The average Bonchev–Trinajstić information content (AvgIpc) is 3.11. The molecule has 1 aromatic heterocycles. The molecule has 15 heteroatoms. The van der Waals surface area contributed by atoms with Gasteiger partial charge in [0, 0.05) is 18.9 Å². The predicted octanol–water partition coefficient (Wildman–Crippen LogP) is -0.682. The number of hydrogen-bond acceptors (Lipinski definition) is 11. The van der Waals surface area contributed by atoms with E-state index in [-0.39, 0.29) is 18.7 Å². The summed E-state index contributed by atoms with van der Waals surface area (Å²) < 4.78 is 35.2. The van der Waals surface area contributed by atoms with Crippen molar-refractivity contribution >= 4 is 19.6 Å². The van der Waals surface area contributed by atoms with E-state index in [1.165, 1.54) is 19.2 Å². The summed E-state index contributed by atoms with van der Waals surface area (Å²) in [7, 11) is -2.89. The number of aliphatic hydroxyl groups is 2. The summed E-state index contributed by atoms with van der Waals surface area (Å²) in [6.07, 6.45) is -3.69. The van der Waals surface area contributed by atoms with Gasteiger partial charge in [0.2, 0.25) is 0 Å². The number of esters is 1. The molecule has 1 fully saturated rings. The number of nitrogens with two attached hydrogens (primary N) is 1. The lowest BCUT2D eigenvalue weighted by Gasteiger charge is -2.22. The fourth-order valence-electron chi connectivity index (χ4n) is 3.18. The van der Waals surface area contributed by atoms with E-state index in [1.807, 2.05) is 0 Å². The fourth-order valence-corrected chi connectivity index (χ4v) is 4.52. The van der Waals surface area contributed by atoms with Crippen LogP contribution in [0.1, 0.15) is 23.1 Å². The number of ether oxygens (including phenoxy) is 2. The highest BCUT2D eigenvalue weighted by Gasteiger charge is 2.45. The van der Waals surface area contributed by atoms with Crippen molar-refractivity contribution in [3.63, 3.8) is 0 Å². The van der Waals surface area contributed by atoms with Gasteiger partial charge in [-0.25, -0.2) is 14.6 Å². The van der Waals surface area contributed by atoms with E-state index < -0.39 is 62.0 Å². The topological polar surface area (TPSA) is 202 Å². The number of methoxy groups -OCH3 is 1. The SMILES string of the molecule is COC(=O)CCNP(=O)(OC[C@H]1O[C@@H](n2ccnc(C(N)=O)c2=O)[C@H](O)[C@@H]1O)Oc1ccccc1. The van der Waals surface area contributed by atoms with Crippen molar-refractivity contribution in [1.82, 2.24) is 14.6 Å². The van der Waals surface area contributed by atoms with Gasteiger partial charge < -0.3 is 29.9 Å². The van der Waals surface area contributed by atoms with E-state index in [1.54, 1.807) is 18.2 Å². The van der Waals surface area contributed by atoms with E-state index in [2.05, 4.69) is 14.8 Å². The van der Waals surface area contributed by atoms with E-state index in [0.29, 0.717) is 0 Å². The van der Waals surface area contributed by atoms with Crippen molar-refractivity contribution < 1.29 is 42.9 Å². The lowest BCUT2D eigenvalue weighted by molar-refractivity contribution is -0.140. The number of nitrogens with zero attached hydrogens (tertiary/aromatic N) is 2. The molecule has 1 saturated heterocycles. The van der Waals surface area contributed by atoms with Crippen LogP contribution >= 0.6 is 7.75 Å². The van der Waals surface area contributed by atoms with Crippen molar-refractivity contribution in [1.29, 1.82) is 0 Å². The van der Waals surface area contributed by atoms with Gasteiger partial charge in [-0.3, -0.25) is 23.5 Å². The number of hydrogen-bond donors (Lipinski definition) is 4. The number of para-hydroxylation sites is 1. The van der Waals surface area contributed by atoms with Crippen LogP contribution in [0.3, 0.4) is 0 Å². The Kier molecular flexibility index (Phi) is 8.72. The largest absolute Gasteiger partial charge is 0.469 e. The summed E-state index contributed by atoms with van der Waals surface area (Å²) in [4.78, 5) is 38.9. The van der Waals surface area contributed by atoms with Gasteiger partial charge in [-0.2, -0.15) is 0 Å². The number of rotatable bonds is 11. The van der Waals surface area contributed by atoms with Crippen molar-refractivity contribution in [2.45, 2.75) is 31.0 Å². The van der Waals surface area contributed by atoms with Crippen LogP contribution in [0.15, 0.2) is 47.5 Å². The molecule has 1 aliphatic heterocycles. The molecule has 5 N–H and O–H groups in total. The number of carbonyl (C=O) groups excluding carboxylic acids is 2. The minimum atomic E-state index is -4.10. The summed E-state index contributed by atoms with van der Waals surface area (Å²) >= 11 is 0. The molecule has 35 heavy (non-hydrogen) atoms. The molecule has 1 aliphatic rings. The van der Waals surface area contributed by atoms with Crippen LogP contribution in [-0.2, 0) is 23.4 Å². The standard InChI is InChI=1S/C20H25N4O10P/c1-31-14(25)7-8-23-35(30,34-12-5-3-2-4-6-12)32-11-13-16(26)17(27)20(33-13)24-10-9-22-15(18(21)28)19(24)29/h2-6,9-10,13,16-17,20,26-27H,7-8,11H2,1H3,(H2,21,28)(H,23,30)/t13-,16-,17-,20-,35?/m1/s1. The van der Waals surface area contributed by atoms with Crippen LogP contribution in [-0.4, -0.2) is 70.2 Å². The normalized spacial score (nSPS) is 23.4. The second kappa shape index (κ2) is 11.5. The Morgan fingerprint density at radius 3 is 2.63 bits per heavy atom. The first-order valence-corrected chi connectivity index (χ1v) is 11.9. The quantitative estimate of drug-likeness (QED) is 0.219. The summed E-state index contributed by atoms with van der Waals surface area (Å²) in [6.45, 7) is -0.648. The zero-order valence-electron chi connectivity index (χ0n) is 18.6. The second-order valence-corrected chi connectivity index (χ2v) is 9.08. The molecule has 0 saturated carbocycles. The number of amides is 1. The van der Waals surface area contributed by atoms with Crippen LogP contribution in [0.25, 0.3) is 0 Å². The molecule has 0 bridgehead atoms. The molecule has 1 amide bonds. The van der Waals surface area contributed by atoms with Crippen LogP contribution in [0, 0.1) is 0 Å². The zero-order chi connectivity index (χ0) is 25.6. The van der Waals surface area contributed by atoms with Gasteiger partial charge in [-0.1, -0.05) is 18.2 Å². The minimum Gasteiger partial charge on any atom is -0.469 e. The molecule has 1 unspecified atom stereocenters. The summed E-state index contributed by atoms with van der Waals surface area (Å²) in [5, 5.41) is 23.4. The van der Waals surface area contributed by atoms with Crippen LogP contribution in [0.4, 0.5) is 0 Å². The first-order valence-electron chi connectivity index (χ1n) is 10.3. The number of aliphatic hydroxyl groups excluding tert-OH is 2. The average molecular weight is 512 g/mol. The molecule has 190 valence electrons. The molecular weight excluding hydrogens is 487 g/mol. The maximum absolute atomic E-state index is 13.3. The maximum atomic E-state index is 13.3. The van der Waals surface area contributed by atoms with Gasteiger partial charge in [0.05, 0.1) is 20.1 Å². The third-order valence-corrected chi connectivity index (χ3v) is 6.50.